The van der Waals surface area contributed by atoms with Crippen LogP contribution in [0, 0.1) is 0 Å². The van der Waals surface area contributed by atoms with Crippen LogP contribution in [0.2, 0.25) is 61.4 Å². The summed E-state index contributed by atoms with van der Waals surface area (Å²) in [7, 11) is -2.98. The van der Waals surface area contributed by atoms with Crippen molar-refractivity contribution in [2.45, 2.75) is 140 Å². The molecule has 0 unspecified atom stereocenters. The maximum absolute atomic E-state index is 13.7. The summed E-state index contributed by atoms with van der Waals surface area (Å²) in [6.07, 6.45) is 10.4. The number of nitrogens with zero attached hydrogens (tertiary/aromatic N) is 7. The van der Waals surface area contributed by atoms with Crippen LogP contribution in [0.25, 0.3) is 44.3 Å². The number of hydrogen-bond donors (Lipinski definition) is 4. The Morgan fingerprint density at radius 3 is 1.42 bits per heavy atom. The predicted octanol–water partition coefficient (Wildman–Crippen LogP) is 9.65. The number of anilines is 2. The van der Waals surface area contributed by atoms with E-state index in [-0.39, 0.29) is 48.7 Å². The fourth-order valence-corrected chi connectivity index (χ4v) is 11.7. The Morgan fingerprint density at radius 1 is 0.635 bits per heavy atom. The second kappa shape index (κ2) is 25.0. The van der Waals surface area contributed by atoms with Gasteiger partial charge < -0.3 is 25.8 Å². The molecule has 2 aromatic carbocycles. The molecule has 0 spiro atoms. The van der Waals surface area contributed by atoms with Gasteiger partial charge in [0.1, 0.15) is 24.8 Å². The highest BCUT2D eigenvalue weighted by molar-refractivity contribution is 7.87. The minimum atomic E-state index is -3.46. The standard InChI is InChI=1S/C27H39ClN6O4SSi.C25H34ClN5O2Si/c1-33(2)39(36,37)32-21-12-10-20(11-13-21)30-27-29-17-19-16-23(22-8-6-7-9-24(22)28)26(35)34(25(19)31-27)18-38-14-15-40(3,4)5;1-34(2,3)13-12-33-16-31-23-17(14-21(24(31)32)20-6-4-5-7-22(20)26)15-28-25(30-23)29-19-10-8-18(27)9-11-19/h6-9,16-17,20-21,32H,10-15,18H2,1-5H3,(H,29,30,31);4-7,14-15,18-19H,8-13,16,27H2,1-3H3,(H,28,29,30). The molecule has 0 atom stereocenters. The van der Waals surface area contributed by atoms with Gasteiger partial charge in [-0.1, -0.05) is 98.9 Å². The summed E-state index contributed by atoms with van der Waals surface area (Å²) in [6.45, 7) is 15.1. The van der Waals surface area contributed by atoms with Crippen LogP contribution in [0.15, 0.2) is 82.6 Å². The maximum Gasteiger partial charge on any atom is 0.279 e. The highest BCUT2D eigenvalue weighted by atomic mass is 35.5. The lowest BCUT2D eigenvalue weighted by molar-refractivity contribution is 0.0875. The van der Waals surface area contributed by atoms with Gasteiger partial charge in [-0.2, -0.15) is 27.4 Å². The van der Waals surface area contributed by atoms with Crippen molar-refractivity contribution < 1.29 is 17.9 Å². The molecule has 4 heterocycles. The van der Waals surface area contributed by atoms with Crippen LogP contribution in [-0.4, -0.2) is 109 Å². The summed E-state index contributed by atoms with van der Waals surface area (Å²) in [5.74, 6) is 0.944. The molecule has 5 N–H and O–H groups in total. The molecule has 2 aliphatic carbocycles. The SMILES string of the molecule is CN(C)S(=O)(=O)NC1CCC(Nc2ncc3cc(-c4ccccc4Cl)c(=O)n(COCC[Si](C)(C)C)c3n2)CC1.C[Si](C)(C)CCOCn1c(=O)c(-c2ccccc2Cl)cc2cnc(NC3CCC(N)CC3)nc21. The van der Waals surface area contributed by atoms with Crippen LogP contribution < -0.4 is 32.2 Å². The van der Waals surface area contributed by atoms with Gasteiger partial charge in [0, 0.05) is 123 Å². The van der Waals surface area contributed by atoms with Crippen LogP contribution in [0.1, 0.15) is 51.4 Å². The van der Waals surface area contributed by atoms with Crippen molar-refractivity contribution in [2.24, 2.45) is 5.73 Å². The lowest BCUT2D eigenvalue weighted by atomic mass is 9.92. The highest BCUT2D eigenvalue weighted by Crippen LogP contribution is 2.30. The molecular formula is C52H73Cl2N11O6SSi2. The van der Waals surface area contributed by atoms with Gasteiger partial charge in [0.05, 0.1) is 0 Å². The molecule has 4 aromatic heterocycles. The van der Waals surface area contributed by atoms with Crippen molar-refractivity contribution in [3.8, 4) is 22.3 Å². The number of aromatic nitrogens is 6. The first kappa shape index (κ1) is 57.1. The average molecular weight is 1110 g/mol. The lowest BCUT2D eigenvalue weighted by Crippen LogP contribution is -2.44. The molecule has 0 saturated heterocycles. The number of hydrogen-bond acceptors (Lipinski definition) is 13. The van der Waals surface area contributed by atoms with E-state index in [2.05, 4.69) is 64.6 Å². The van der Waals surface area contributed by atoms with Gasteiger partial charge in [-0.25, -0.2) is 9.97 Å². The van der Waals surface area contributed by atoms with Crippen molar-refractivity contribution >= 4 is 83.5 Å². The largest absolute Gasteiger partial charge is 0.361 e. The van der Waals surface area contributed by atoms with E-state index in [1.54, 1.807) is 39.7 Å². The van der Waals surface area contributed by atoms with Crippen molar-refractivity contribution in [3.63, 3.8) is 0 Å². The molecule has 0 amide bonds. The molecule has 2 aliphatic rings. The second-order valence-electron chi connectivity index (χ2n) is 22.0. The molecule has 400 valence electrons. The normalized spacial score (nSPS) is 18.6. The van der Waals surface area contributed by atoms with Gasteiger partial charge in [0.25, 0.3) is 21.3 Å². The number of benzene rings is 2. The van der Waals surface area contributed by atoms with Crippen molar-refractivity contribution in [1.82, 2.24) is 38.1 Å². The summed E-state index contributed by atoms with van der Waals surface area (Å²) in [5, 5.41) is 9.31. The Hall–Kier alpha value is -4.62. The van der Waals surface area contributed by atoms with Gasteiger partial charge in [0.15, 0.2) is 0 Å². The molecule has 0 radical (unpaired) electrons. The van der Waals surface area contributed by atoms with Gasteiger partial charge in [-0.3, -0.25) is 18.7 Å². The molecule has 0 aliphatic heterocycles. The Kier molecular flexibility index (Phi) is 19.3. The summed E-state index contributed by atoms with van der Waals surface area (Å²) < 4.78 is 43.4. The second-order valence-corrected chi connectivity index (χ2v) is 36.0. The number of nitrogens with two attached hydrogens (primary N) is 1. The third-order valence-electron chi connectivity index (χ3n) is 13.4. The fraction of sp³-hybridized carbons (Fsp3) is 0.500. The van der Waals surface area contributed by atoms with Gasteiger partial charge in [0.2, 0.25) is 11.9 Å². The molecule has 2 saturated carbocycles. The molecular weight excluding hydrogens is 1030 g/mol. The molecule has 2 fully saturated rings. The number of pyridine rings is 2. The monoisotopic (exact) mass is 1110 g/mol. The Labute approximate surface area is 447 Å². The molecule has 74 heavy (non-hydrogen) atoms. The number of fused-ring (bicyclic) bond motifs is 2. The summed E-state index contributed by atoms with van der Waals surface area (Å²) in [6, 6.07) is 20.8. The minimum absolute atomic E-state index is 0.0751. The third kappa shape index (κ3) is 15.5. The Bertz CT molecular complexity index is 3120. The number of ether oxygens (including phenoxy) is 2. The van der Waals surface area contributed by atoms with Crippen molar-refractivity contribution in [2.75, 3.05) is 37.9 Å². The summed E-state index contributed by atoms with van der Waals surface area (Å²) in [5.41, 5.74) is 8.99. The molecule has 17 nitrogen and oxygen atoms in total. The van der Waals surface area contributed by atoms with E-state index in [0.717, 1.165) is 56.0 Å². The van der Waals surface area contributed by atoms with Crippen LogP contribution in [0.5, 0.6) is 0 Å². The number of rotatable bonds is 19. The first-order valence-electron chi connectivity index (χ1n) is 25.5. The van der Waals surface area contributed by atoms with E-state index in [0.29, 0.717) is 86.9 Å². The van der Waals surface area contributed by atoms with Crippen molar-refractivity contribution in [1.29, 1.82) is 0 Å². The van der Waals surface area contributed by atoms with Gasteiger partial charge in [-0.05, 0) is 87.7 Å². The van der Waals surface area contributed by atoms with Crippen molar-refractivity contribution in [3.05, 3.63) is 104 Å². The number of nitrogens with one attached hydrogen (secondary N) is 3. The maximum atomic E-state index is 13.7. The first-order chi connectivity index (χ1) is 35.0. The third-order valence-corrected chi connectivity index (χ3v) is 19.0. The van der Waals surface area contributed by atoms with Gasteiger partial charge >= 0.3 is 0 Å². The lowest BCUT2D eigenvalue weighted by Gasteiger charge is -2.30. The zero-order valence-electron chi connectivity index (χ0n) is 44.0. The van der Waals surface area contributed by atoms with E-state index >= 15 is 0 Å². The zero-order chi connectivity index (χ0) is 53.4. The van der Waals surface area contributed by atoms with E-state index < -0.39 is 26.4 Å². The van der Waals surface area contributed by atoms with Crippen LogP contribution in [0.3, 0.4) is 0 Å². The van der Waals surface area contributed by atoms with E-state index in [4.69, 9.17) is 48.4 Å². The van der Waals surface area contributed by atoms with Crippen LogP contribution in [0.4, 0.5) is 11.9 Å². The first-order valence-corrected chi connectivity index (χ1v) is 35.1. The molecule has 6 aromatic rings. The van der Waals surface area contributed by atoms with Crippen LogP contribution in [-0.2, 0) is 33.1 Å². The van der Waals surface area contributed by atoms with Gasteiger partial charge in [-0.15, -0.1) is 0 Å². The van der Waals surface area contributed by atoms with E-state index in [1.165, 1.54) is 18.4 Å². The average Bonchev–Trinajstić information content (AvgIpc) is 3.34. The highest BCUT2D eigenvalue weighted by Gasteiger charge is 2.27. The number of halogens is 2. The molecule has 8 rings (SSSR count). The fourth-order valence-electron chi connectivity index (χ4n) is 8.81. The quantitative estimate of drug-likeness (QED) is 0.0440. The Morgan fingerprint density at radius 2 is 1.03 bits per heavy atom. The molecule has 0 bridgehead atoms. The van der Waals surface area contributed by atoms with Crippen LogP contribution >= 0.6 is 23.2 Å². The summed E-state index contributed by atoms with van der Waals surface area (Å²) in [4.78, 5) is 45.9. The van der Waals surface area contributed by atoms with E-state index in [9.17, 15) is 18.0 Å². The predicted molar refractivity (Wildman–Crippen MR) is 306 cm³/mol. The zero-order valence-corrected chi connectivity index (χ0v) is 48.3. The minimum Gasteiger partial charge on any atom is -0.361 e. The Balaban J connectivity index is 0.000000219. The molecule has 22 heteroatoms. The summed E-state index contributed by atoms with van der Waals surface area (Å²) >= 11 is 12.9. The van der Waals surface area contributed by atoms with E-state index in [1.807, 2.05) is 42.5 Å². The topological polar surface area (TPSA) is 214 Å². The smallest absolute Gasteiger partial charge is 0.279 e.